The molecule has 0 atom stereocenters. The van der Waals surface area contributed by atoms with Gasteiger partial charge in [0.05, 0.1) is 34.1 Å². The second-order valence-electron chi connectivity index (χ2n) is 14.1. The zero-order chi connectivity index (χ0) is 29.5. The molecule has 0 unspecified atom stereocenters. The molecule has 4 nitrogen and oxygen atoms in total. The fraction of sp³-hybridized carbons (Fsp3) is 0.250. The van der Waals surface area contributed by atoms with E-state index in [1.54, 1.807) is 0 Å². The predicted octanol–water partition coefficient (Wildman–Crippen LogP) is 9.67. The Morgan fingerprint density at radius 2 is 1.57 bits per heavy atom. The van der Waals surface area contributed by atoms with Gasteiger partial charge in [-0.2, -0.15) is 0 Å². The van der Waals surface area contributed by atoms with E-state index in [2.05, 4.69) is 115 Å². The van der Waals surface area contributed by atoms with Crippen molar-refractivity contribution in [2.45, 2.75) is 64.2 Å². The molecule has 214 valence electrons. The van der Waals surface area contributed by atoms with E-state index >= 15 is 0 Å². The SMILES string of the molecule is CC1(C)C2=CCCc3c2n(c2cnccc32)-c2ccc(-c3ccc4c(c3)c3cncc5c3n4C3=C(CCC=C3)C5(C)C)cc21. The minimum Gasteiger partial charge on any atom is -0.309 e. The van der Waals surface area contributed by atoms with Crippen molar-refractivity contribution in [3.8, 4) is 16.8 Å². The maximum atomic E-state index is 4.80. The van der Waals surface area contributed by atoms with Crippen LogP contribution in [0.2, 0.25) is 0 Å². The normalized spacial score (nSPS) is 18.9. The number of pyridine rings is 2. The van der Waals surface area contributed by atoms with Crippen molar-refractivity contribution in [3.05, 3.63) is 113 Å². The monoisotopic (exact) mass is 570 g/mol. The molecule has 0 saturated heterocycles. The molecule has 4 aromatic heterocycles. The van der Waals surface area contributed by atoms with E-state index in [-0.39, 0.29) is 10.8 Å². The van der Waals surface area contributed by atoms with Gasteiger partial charge in [0.2, 0.25) is 0 Å². The summed E-state index contributed by atoms with van der Waals surface area (Å²) in [5, 5.41) is 3.86. The standard InChI is InChI=1S/C40H34N4/c1-39(2)29-9-5-6-11-34(29)43-33-14-12-23(18-27(33)28-20-42-21-32(39)38(28)43)24-13-15-35-31(19-24)40(3,4)30-10-7-8-26-25-16-17-41-22-36(25)44(35)37(26)30/h6,10-22H,5,7-9H2,1-4H3. The molecule has 4 aliphatic rings. The molecule has 2 aliphatic carbocycles. The molecule has 0 amide bonds. The van der Waals surface area contributed by atoms with Crippen LogP contribution >= 0.6 is 0 Å². The molecule has 0 N–H and O–H groups in total. The van der Waals surface area contributed by atoms with Crippen LogP contribution < -0.4 is 0 Å². The average molecular weight is 571 g/mol. The highest BCUT2D eigenvalue weighted by molar-refractivity contribution is 6.13. The van der Waals surface area contributed by atoms with Crippen molar-refractivity contribution < 1.29 is 0 Å². The van der Waals surface area contributed by atoms with Gasteiger partial charge in [0, 0.05) is 56.8 Å². The van der Waals surface area contributed by atoms with Crippen molar-refractivity contribution in [2.24, 2.45) is 0 Å². The number of nitrogens with zero attached hydrogens (tertiary/aromatic N) is 4. The third kappa shape index (κ3) is 2.85. The molecule has 0 radical (unpaired) electrons. The average Bonchev–Trinajstić information content (AvgIpc) is 3.56. The summed E-state index contributed by atoms with van der Waals surface area (Å²) in [5.74, 6) is 0. The van der Waals surface area contributed by atoms with Crippen LogP contribution in [-0.2, 0) is 17.3 Å². The van der Waals surface area contributed by atoms with Crippen LogP contribution in [0.4, 0.5) is 0 Å². The maximum absolute atomic E-state index is 4.80. The topological polar surface area (TPSA) is 35.6 Å². The molecule has 4 heteroatoms. The zero-order valence-corrected chi connectivity index (χ0v) is 25.7. The molecule has 6 aromatic rings. The lowest BCUT2D eigenvalue weighted by molar-refractivity contribution is 0.583. The third-order valence-corrected chi connectivity index (χ3v) is 11.3. The van der Waals surface area contributed by atoms with Crippen molar-refractivity contribution in [1.29, 1.82) is 0 Å². The van der Waals surface area contributed by atoms with E-state index in [4.69, 9.17) is 4.98 Å². The van der Waals surface area contributed by atoms with Gasteiger partial charge in [-0.1, -0.05) is 52.0 Å². The molecule has 2 aliphatic heterocycles. The Morgan fingerprint density at radius 1 is 0.705 bits per heavy atom. The predicted molar refractivity (Wildman–Crippen MR) is 181 cm³/mol. The highest BCUT2D eigenvalue weighted by Gasteiger charge is 2.40. The van der Waals surface area contributed by atoms with Crippen LogP contribution in [0.1, 0.15) is 69.3 Å². The number of aromatic nitrogens is 4. The summed E-state index contributed by atoms with van der Waals surface area (Å²) >= 11 is 0. The number of fused-ring (bicyclic) bond motifs is 9. The number of allylic oxidation sites excluding steroid dienone is 6. The molecule has 0 bridgehead atoms. The van der Waals surface area contributed by atoms with E-state index in [9.17, 15) is 0 Å². The van der Waals surface area contributed by atoms with E-state index in [0.717, 1.165) is 25.7 Å². The van der Waals surface area contributed by atoms with Crippen molar-refractivity contribution in [1.82, 2.24) is 19.1 Å². The molecule has 10 rings (SSSR count). The van der Waals surface area contributed by atoms with Crippen LogP contribution in [0, 0.1) is 0 Å². The van der Waals surface area contributed by atoms with Crippen LogP contribution in [0.5, 0.6) is 0 Å². The molecular weight excluding hydrogens is 536 g/mol. The minimum atomic E-state index is -0.0994. The van der Waals surface area contributed by atoms with Crippen LogP contribution in [0.25, 0.3) is 60.8 Å². The second-order valence-corrected chi connectivity index (χ2v) is 14.1. The lowest BCUT2D eigenvalue weighted by atomic mass is 9.70. The number of benzene rings is 2. The highest BCUT2D eigenvalue weighted by atomic mass is 15.0. The molecule has 2 aromatic carbocycles. The molecule has 6 heterocycles. The van der Waals surface area contributed by atoms with Gasteiger partial charge in [0.25, 0.3) is 0 Å². The van der Waals surface area contributed by atoms with Gasteiger partial charge in [0.15, 0.2) is 0 Å². The van der Waals surface area contributed by atoms with Gasteiger partial charge in [-0.05, 0) is 95.5 Å². The number of rotatable bonds is 1. The van der Waals surface area contributed by atoms with Gasteiger partial charge in [-0.25, -0.2) is 0 Å². The first-order valence-electron chi connectivity index (χ1n) is 16.0. The summed E-state index contributed by atoms with van der Waals surface area (Å²) < 4.78 is 4.99. The first kappa shape index (κ1) is 24.7. The zero-order valence-electron chi connectivity index (χ0n) is 25.7. The van der Waals surface area contributed by atoms with Gasteiger partial charge < -0.3 is 9.13 Å². The first-order chi connectivity index (χ1) is 21.4. The first-order valence-corrected chi connectivity index (χ1v) is 16.0. The molecular formula is C40H34N4. The Bertz CT molecular complexity index is 2380. The van der Waals surface area contributed by atoms with Crippen LogP contribution in [0.3, 0.4) is 0 Å². The van der Waals surface area contributed by atoms with Crippen LogP contribution in [0.15, 0.2) is 91.1 Å². The van der Waals surface area contributed by atoms with Gasteiger partial charge in [-0.15, -0.1) is 0 Å². The van der Waals surface area contributed by atoms with E-state index in [0.29, 0.717) is 0 Å². The largest absolute Gasteiger partial charge is 0.309 e. The summed E-state index contributed by atoms with van der Waals surface area (Å²) in [7, 11) is 0. The Balaban J connectivity index is 1.21. The minimum absolute atomic E-state index is 0.0332. The van der Waals surface area contributed by atoms with Crippen molar-refractivity contribution >= 4 is 44.0 Å². The molecule has 0 saturated carbocycles. The smallest absolute Gasteiger partial charge is 0.0721 e. The number of hydrogen-bond acceptors (Lipinski definition) is 2. The van der Waals surface area contributed by atoms with E-state index in [1.807, 2.05) is 12.4 Å². The molecule has 0 spiro atoms. The maximum Gasteiger partial charge on any atom is 0.0721 e. The lowest BCUT2D eigenvalue weighted by Gasteiger charge is -2.39. The third-order valence-electron chi connectivity index (χ3n) is 11.3. The van der Waals surface area contributed by atoms with Crippen molar-refractivity contribution in [3.63, 3.8) is 0 Å². The van der Waals surface area contributed by atoms with E-state index < -0.39 is 0 Å². The Labute approximate surface area is 257 Å². The Morgan fingerprint density at radius 3 is 2.48 bits per heavy atom. The van der Waals surface area contributed by atoms with Crippen LogP contribution in [-0.4, -0.2) is 19.1 Å². The van der Waals surface area contributed by atoms with Gasteiger partial charge >= 0.3 is 0 Å². The summed E-state index contributed by atoms with van der Waals surface area (Å²) in [4.78, 5) is 9.34. The fourth-order valence-electron chi connectivity index (χ4n) is 9.06. The summed E-state index contributed by atoms with van der Waals surface area (Å²) in [6.07, 6.45) is 19.7. The van der Waals surface area contributed by atoms with E-state index in [1.165, 1.54) is 88.8 Å². The van der Waals surface area contributed by atoms with Crippen molar-refractivity contribution in [2.75, 3.05) is 0 Å². The number of aryl methyl sites for hydroxylation is 1. The molecule has 44 heavy (non-hydrogen) atoms. The highest BCUT2D eigenvalue weighted by Crippen LogP contribution is 2.53. The second kappa shape index (κ2) is 8.06. The fourth-order valence-corrected chi connectivity index (χ4v) is 9.06. The summed E-state index contributed by atoms with van der Waals surface area (Å²) in [6, 6.07) is 16.4. The molecule has 0 fully saturated rings. The van der Waals surface area contributed by atoms with Gasteiger partial charge in [-0.3, -0.25) is 9.97 Å². The summed E-state index contributed by atoms with van der Waals surface area (Å²) in [5.41, 5.74) is 17.3. The Hall–Kier alpha value is -4.70. The number of hydrogen-bond donors (Lipinski definition) is 0. The lowest BCUT2D eigenvalue weighted by Crippen LogP contribution is -2.29. The quantitative estimate of drug-likeness (QED) is 0.197. The van der Waals surface area contributed by atoms with Gasteiger partial charge in [0.1, 0.15) is 0 Å². The Kier molecular flexibility index (Phi) is 4.53. The summed E-state index contributed by atoms with van der Waals surface area (Å²) in [6.45, 7) is 9.56.